The molecule has 19 heavy (non-hydrogen) atoms. The van der Waals surface area contributed by atoms with Crippen LogP contribution in [0, 0.1) is 0 Å². The third kappa shape index (κ3) is 3.63. The average Bonchev–Trinajstić information content (AvgIpc) is 2.84. The zero-order valence-corrected chi connectivity index (χ0v) is 11.7. The fourth-order valence-corrected chi connectivity index (χ4v) is 2.49. The zero-order valence-electron chi connectivity index (χ0n) is 10.0. The van der Waals surface area contributed by atoms with Gasteiger partial charge in [-0.1, -0.05) is 11.3 Å². The lowest BCUT2D eigenvalue weighted by Crippen LogP contribution is -2.05. The number of sulfone groups is 1. The summed E-state index contributed by atoms with van der Waals surface area (Å²) in [5, 5.41) is 8.80. The summed E-state index contributed by atoms with van der Waals surface area (Å²) in [5.74, 6) is 5.75. The molecule has 2 aromatic rings. The molecule has 0 aliphatic rings. The third-order valence-electron chi connectivity index (χ3n) is 2.20. The van der Waals surface area contributed by atoms with Gasteiger partial charge in [-0.2, -0.15) is 0 Å². The summed E-state index contributed by atoms with van der Waals surface area (Å²) < 4.78 is 28.0. The van der Waals surface area contributed by atoms with Crippen LogP contribution in [0.2, 0.25) is 0 Å². The number of hydrogen-bond donors (Lipinski definition) is 2. The van der Waals surface area contributed by atoms with Crippen LogP contribution in [0.1, 0.15) is 5.01 Å². The number of hydrogen-bond acceptors (Lipinski definition) is 8. The van der Waals surface area contributed by atoms with E-state index in [2.05, 4.69) is 15.6 Å². The first-order chi connectivity index (χ1) is 8.99. The molecule has 102 valence electrons. The Morgan fingerprint density at radius 1 is 1.32 bits per heavy atom. The Kier molecular flexibility index (Phi) is 3.98. The Bertz CT molecular complexity index is 652. The summed E-state index contributed by atoms with van der Waals surface area (Å²) in [6.07, 6.45) is 1.16. The monoisotopic (exact) mass is 300 g/mol. The number of ether oxygens (including phenoxy) is 1. The van der Waals surface area contributed by atoms with Gasteiger partial charge >= 0.3 is 0 Å². The van der Waals surface area contributed by atoms with Crippen molar-refractivity contribution in [2.75, 3.05) is 11.7 Å². The molecule has 0 aliphatic heterocycles. The van der Waals surface area contributed by atoms with Gasteiger partial charge in [-0.05, 0) is 24.3 Å². The highest BCUT2D eigenvalue weighted by atomic mass is 32.2. The number of anilines is 1. The molecule has 0 bridgehead atoms. The second-order valence-corrected chi connectivity index (χ2v) is 6.76. The summed E-state index contributed by atoms with van der Waals surface area (Å²) >= 11 is 1.28. The maximum atomic E-state index is 11.3. The molecule has 0 atom stereocenters. The van der Waals surface area contributed by atoms with Crippen molar-refractivity contribution in [1.29, 1.82) is 0 Å². The normalized spacial score (nSPS) is 11.3. The molecule has 0 saturated heterocycles. The minimum Gasteiger partial charge on any atom is -0.486 e. The largest absolute Gasteiger partial charge is 0.486 e. The molecular formula is C10H12N4O3S2. The Morgan fingerprint density at radius 2 is 2.00 bits per heavy atom. The smallest absolute Gasteiger partial charge is 0.219 e. The van der Waals surface area contributed by atoms with Gasteiger partial charge in [0.2, 0.25) is 5.13 Å². The van der Waals surface area contributed by atoms with Gasteiger partial charge in [0.25, 0.3) is 0 Å². The van der Waals surface area contributed by atoms with Gasteiger partial charge in [-0.15, -0.1) is 10.2 Å². The van der Waals surface area contributed by atoms with Crippen LogP contribution < -0.4 is 16.0 Å². The molecule has 3 N–H and O–H groups in total. The summed E-state index contributed by atoms with van der Waals surface area (Å²) in [6, 6.07) is 6.19. The number of nitrogen functional groups attached to an aromatic ring is 1. The molecule has 2 rings (SSSR count). The first-order valence-corrected chi connectivity index (χ1v) is 7.92. The highest BCUT2D eigenvalue weighted by Crippen LogP contribution is 2.19. The van der Waals surface area contributed by atoms with Crippen molar-refractivity contribution in [1.82, 2.24) is 10.2 Å². The van der Waals surface area contributed by atoms with E-state index in [1.54, 1.807) is 12.1 Å². The van der Waals surface area contributed by atoms with Crippen LogP contribution in [0.15, 0.2) is 29.2 Å². The van der Waals surface area contributed by atoms with Gasteiger partial charge in [0.15, 0.2) is 14.8 Å². The van der Waals surface area contributed by atoms with Gasteiger partial charge in [-0.25, -0.2) is 14.3 Å². The molecule has 7 nitrogen and oxygen atoms in total. The molecule has 0 amide bonds. The molecule has 0 aliphatic carbocycles. The van der Waals surface area contributed by atoms with Crippen LogP contribution in [0.5, 0.6) is 5.75 Å². The van der Waals surface area contributed by atoms with E-state index >= 15 is 0 Å². The fourth-order valence-electron chi connectivity index (χ4n) is 1.30. The topological polar surface area (TPSA) is 107 Å². The Labute approximate surface area is 114 Å². The molecule has 1 aromatic heterocycles. The SMILES string of the molecule is CS(=O)(=O)c1ccc(OCc2nnc(NN)s2)cc1. The van der Waals surface area contributed by atoms with Gasteiger partial charge in [-0.3, -0.25) is 5.43 Å². The Balaban J connectivity index is 2.00. The highest BCUT2D eigenvalue weighted by Gasteiger charge is 2.07. The lowest BCUT2D eigenvalue weighted by Gasteiger charge is -2.04. The minimum absolute atomic E-state index is 0.248. The Hall–Kier alpha value is -1.71. The van der Waals surface area contributed by atoms with Crippen LogP contribution >= 0.6 is 11.3 Å². The molecule has 9 heteroatoms. The maximum absolute atomic E-state index is 11.3. The quantitative estimate of drug-likeness (QED) is 0.621. The van der Waals surface area contributed by atoms with Crippen molar-refractivity contribution < 1.29 is 13.2 Å². The number of hydrazine groups is 1. The molecular weight excluding hydrogens is 288 g/mol. The zero-order chi connectivity index (χ0) is 13.9. The molecule has 0 radical (unpaired) electrons. The molecule has 0 fully saturated rings. The summed E-state index contributed by atoms with van der Waals surface area (Å²) in [5.41, 5.74) is 2.39. The van der Waals surface area contributed by atoms with Crippen molar-refractivity contribution in [3.63, 3.8) is 0 Å². The number of nitrogens with two attached hydrogens (primary N) is 1. The molecule has 0 unspecified atom stereocenters. The van der Waals surface area contributed by atoms with Gasteiger partial charge < -0.3 is 4.74 Å². The van der Waals surface area contributed by atoms with Crippen molar-refractivity contribution in [3.05, 3.63) is 29.3 Å². The number of rotatable bonds is 5. The second kappa shape index (κ2) is 5.51. The summed E-state index contributed by atoms with van der Waals surface area (Å²) in [4.78, 5) is 0.255. The highest BCUT2D eigenvalue weighted by molar-refractivity contribution is 7.90. The summed E-state index contributed by atoms with van der Waals surface area (Å²) in [7, 11) is -3.18. The van der Waals surface area contributed by atoms with E-state index in [0.29, 0.717) is 15.9 Å². The van der Waals surface area contributed by atoms with Crippen molar-refractivity contribution >= 4 is 26.3 Å². The first-order valence-electron chi connectivity index (χ1n) is 5.21. The van der Waals surface area contributed by atoms with Crippen LogP contribution in [-0.4, -0.2) is 24.9 Å². The average molecular weight is 300 g/mol. The number of nitrogens with zero attached hydrogens (tertiary/aromatic N) is 2. The number of aromatic nitrogens is 2. The van der Waals surface area contributed by atoms with E-state index in [9.17, 15) is 8.42 Å². The van der Waals surface area contributed by atoms with Crippen LogP contribution in [0.4, 0.5) is 5.13 Å². The Morgan fingerprint density at radius 3 is 2.53 bits per heavy atom. The van der Waals surface area contributed by atoms with E-state index in [0.717, 1.165) is 6.26 Å². The number of benzene rings is 1. The molecule has 1 heterocycles. The van der Waals surface area contributed by atoms with E-state index < -0.39 is 9.84 Å². The molecule has 1 aromatic carbocycles. The van der Waals surface area contributed by atoms with Crippen molar-refractivity contribution in [2.45, 2.75) is 11.5 Å². The van der Waals surface area contributed by atoms with Crippen LogP contribution in [-0.2, 0) is 16.4 Å². The predicted molar refractivity (Wildman–Crippen MR) is 71.6 cm³/mol. The predicted octanol–water partition coefficient (Wildman–Crippen LogP) is 0.806. The number of nitrogens with one attached hydrogen (secondary N) is 1. The minimum atomic E-state index is -3.18. The third-order valence-corrected chi connectivity index (χ3v) is 4.16. The van der Waals surface area contributed by atoms with Crippen LogP contribution in [0.25, 0.3) is 0 Å². The maximum Gasteiger partial charge on any atom is 0.219 e. The lowest BCUT2D eigenvalue weighted by atomic mass is 10.3. The van der Waals surface area contributed by atoms with Crippen molar-refractivity contribution in [2.24, 2.45) is 5.84 Å². The first kappa shape index (κ1) is 13.7. The van der Waals surface area contributed by atoms with E-state index in [4.69, 9.17) is 10.6 Å². The van der Waals surface area contributed by atoms with Gasteiger partial charge in [0.1, 0.15) is 12.4 Å². The molecule has 0 spiro atoms. The fraction of sp³-hybridized carbons (Fsp3) is 0.200. The van der Waals surface area contributed by atoms with Gasteiger partial charge in [0.05, 0.1) is 4.90 Å². The van der Waals surface area contributed by atoms with E-state index in [1.807, 2.05) is 0 Å². The van der Waals surface area contributed by atoms with E-state index in [1.165, 1.54) is 23.5 Å². The molecule has 0 saturated carbocycles. The second-order valence-electron chi connectivity index (χ2n) is 3.68. The van der Waals surface area contributed by atoms with E-state index in [-0.39, 0.29) is 11.5 Å². The lowest BCUT2D eigenvalue weighted by molar-refractivity contribution is 0.304. The standard InChI is InChI=1S/C10H12N4O3S2/c1-19(15,16)8-4-2-7(3-5-8)17-6-9-13-14-10(12-11)18-9/h2-5H,6,11H2,1H3,(H,12,14). The summed E-state index contributed by atoms with van der Waals surface area (Å²) in [6.45, 7) is 0.248. The van der Waals surface area contributed by atoms with Gasteiger partial charge in [0, 0.05) is 6.26 Å². The van der Waals surface area contributed by atoms with Crippen LogP contribution in [0.3, 0.4) is 0 Å². The van der Waals surface area contributed by atoms with Crippen molar-refractivity contribution in [3.8, 4) is 5.75 Å².